The minimum absolute atomic E-state index is 0.109. The van der Waals surface area contributed by atoms with Crippen LogP contribution in [0.5, 0.6) is 0 Å². The third kappa shape index (κ3) is 3.43. The fourth-order valence-electron chi connectivity index (χ4n) is 1.61. The average molecular weight is 245 g/mol. The molecular formula is C13H15N3O2. The molecule has 1 heterocycles. The Morgan fingerprint density at radius 2 is 2.11 bits per heavy atom. The monoisotopic (exact) mass is 245 g/mol. The normalized spacial score (nSPS) is 12.1. The molecule has 0 saturated heterocycles. The van der Waals surface area contributed by atoms with Crippen molar-refractivity contribution in [3.8, 4) is 0 Å². The van der Waals surface area contributed by atoms with Gasteiger partial charge in [0, 0.05) is 18.5 Å². The molecule has 1 atom stereocenters. The first-order valence-corrected chi connectivity index (χ1v) is 5.72. The van der Waals surface area contributed by atoms with Gasteiger partial charge in [-0.05, 0) is 5.56 Å². The predicted octanol–water partition coefficient (Wildman–Crippen LogP) is 1.38. The first kappa shape index (κ1) is 12.3. The van der Waals surface area contributed by atoms with Crippen LogP contribution in [0, 0.1) is 0 Å². The summed E-state index contributed by atoms with van der Waals surface area (Å²) in [6.07, 6.45) is 1.79. The maximum atomic E-state index is 11.7. The van der Waals surface area contributed by atoms with Crippen molar-refractivity contribution >= 4 is 5.91 Å². The van der Waals surface area contributed by atoms with E-state index in [1.807, 2.05) is 30.3 Å². The zero-order valence-corrected chi connectivity index (χ0v) is 9.87. The fraction of sp³-hybridized carbons (Fsp3) is 0.231. The van der Waals surface area contributed by atoms with Gasteiger partial charge in [-0.1, -0.05) is 35.5 Å². The summed E-state index contributed by atoms with van der Waals surface area (Å²) >= 11 is 0. The molecule has 0 aliphatic carbocycles. The van der Waals surface area contributed by atoms with Gasteiger partial charge in [-0.25, -0.2) is 0 Å². The molecule has 0 radical (unpaired) electrons. The maximum absolute atomic E-state index is 11.7. The van der Waals surface area contributed by atoms with Crippen molar-refractivity contribution < 1.29 is 9.32 Å². The van der Waals surface area contributed by atoms with Crippen molar-refractivity contribution in [3.63, 3.8) is 0 Å². The largest absolute Gasteiger partial charge is 0.360 e. The topological polar surface area (TPSA) is 81.2 Å². The van der Waals surface area contributed by atoms with Crippen LogP contribution in [0.25, 0.3) is 0 Å². The van der Waals surface area contributed by atoms with E-state index in [4.69, 9.17) is 10.3 Å². The Balaban J connectivity index is 1.80. The number of nitrogens with one attached hydrogen (secondary N) is 1. The number of amides is 1. The third-order valence-electron chi connectivity index (χ3n) is 2.58. The Morgan fingerprint density at radius 1 is 1.33 bits per heavy atom. The molecule has 18 heavy (non-hydrogen) atoms. The lowest BCUT2D eigenvalue weighted by Crippen LogP contribution is -2.26. The molecule has 0 aliphatic rings. The predicted molar refractivity (Wildman–Crippen MR) is 66.3 cm³/mol. The van der Waals surface area contributed by atoms with Crippen LogP contribution in [0.3, 0.4) is 0 Å². The minimum Gasteiger partial charge on any atom is -0.360 e. The van der Waals surface area contributed by atoms with E-state index in [1.54, 1.807) is 6.07 Å². The van der Waals surface area contributed by atoms with E-state index >= 15 is 0 Å². The Hall–Kier alpha value is -2.14. The summed E-state index contributed by atoms with van der Waals surface area (Å²) in [5, 5.41) is 6.29. The van der Waals surface area contributed by atoms with Gasteiger partial charge in [0.05, 0.1) is 12.7 Å². The Kier molecular flexibility index (Phi) is 4.09. The summed E-state index contributed by atoms with van der Waals surface area (Å²) in [7, 11) is 0. The lowest BCUT2D eigenvalue weighted by Gasteiger charge is -2.11. The van der Waals surface area contributed by atoms with E-state index in [2.05, 4.69) is 10.5 Å². The van der Waals surface area contributed by atoms with Gasteiger partial charge in [0.15, 0.2) is 5.76 Å². The molecule has 3 N–H and O–H groups in total. The molecular weight excluding hydrogens is 230 g/mol. The molecule has 5 heteroatoms. The Bertz CT molecular complexity index is 482. The summed E-state index contributed by atoms with van der Waals surface area (Å²) < 4.78 is 4.88. The number of nitrogens with zero attached hydrogens (tertiary/aromatic N) is 1. The first-order valence-electron chi connectivity index (χ1n) is 5.72. The molecule has 0 saturated carbocycles. The fourth-order valence-corrected chi connectivity index (χ4v) is 1.61. The molecule has 0 fully saturated rings. The number of hydrogen-bond acceptors (Lipinski definition) is 4. The van der Waals surface area contributed by atoms with Crippen molar-refractivity contribution in [2.75, 3.05) is 0 Å². The summed E-state index contributed by atoms with van der Waals surface area (Å²) in [6, 6.07) is 11.0. The van der Waals surface area contributed by atoms with Gasteiger partial charge in [0.25, 0.3) is 0 Å². The highest BCUT2D eigenvalue weighted by atomic mass is 16.5. The molecule has 1 aromatic heterocycles. The van der Waals surface area contributed by atoms with Gasteiger partial charge < -0.3 is 15.6 Å². The SMILES string of the molecule is NC(CC(=O)NCc1ccno1)c1ccccc1. The smallest absolute Gasteiger partial charge is 0.222 e. The highest BCUT2D eigenvalue weighted by Crippen LogP contribution is 2.12. The Morgan fingerprint density at radius 3 is 2.78 bits per heavy atom. The maximum Gasteiger partial charge on any atom is 0.222 e. The molecule has 5 nitrogen and oxygen atoms in total. The first-order chi connectivity index (χ1) is 8.75. The van der Waals surface area contributed by atoms with Crippen molar-refractivity contribution in [1.29, 1.82) is 0 Å². The van der Waals surface area contributed by atoms with Crippen LogP contribution in [-0.2, 0) is 11.3 Å². The van der Waals surface area contributed by atoms with Crippen LogP contribution in [0.1, 0.15) is 23.8 Å². The van der Waals surface area contributed by atoms with Gasteiger partial charge in [0.2, 0.25) is 5.91 Å². The van der Waals surface area contributed by atoms with Crippen molar-refractivity contribution in [1.82, 2.24) is 10.5 Å². The standard InChI is InChI=1S/C13H15N3O2/c14-12(10-4-2-1-3-5-10)8-13(17)15-9-11-6-7-16-18-11/h1-7,12H,8-9,14H2,(H,15,17). The number of rotatable bonds is 5. The molecule has 94 valence electrons. The molecule has 1 unspecified atom stereocenters. The number of carbonyl (C=O) groups excluding carboxylic acids is 1. The molecule has 2 aromatic rings. The van der Waals surface area contributed by atoms with Crippen molar-refractivity contribution in [2.45, 2.75) is 19.0 Å². The van der Waals surface area contributed by atoms with Crippen LogP contribution in [0.15, 0.2) is 47.1 Å². The van der Waals surface area contributed by atoms with Crippen LogP contribution in [0.2, 0.25) is 0 Å². The lowest BCUT2D eigenvalue weighted by molar-refractivity contribution is -0.121. The number of nitrogens with two attached hydrogens (primary N) is 1. The number of carbonyl (C=O) groups is 1. The minimum atomic E-state index is -0.291. The third-order valence-corrected chi connectivity index (χ3v) is 2.58. The zero-order valence-electron chi connectivity index (χ0n) is 9.87. The zero-order chi connectivity index (χ0) is 12.8. The second kappa shape index (κ2) is 5.97. The second-order valence-corrected chi connectivity index (χ2v) is 3.98. The van der Waals surface area contributed by atoms with E-state index in [0.717, 1.165) is 5.56 Å². The molecule has 0 spiro atoms. The van der Waals surface area contributed by atoms with E-state index in [1.165, 1.54) is 6.20 Å². The molecule has 0 aliphatic heterocycles. The molecule has 2 rings (SSSR count). The number of aromatic nitrogens is 1. The molecule has 0 bridgehead atoms. The van der Waals surface area contributed by atoms with E-state index in [0.29, 0.717) is 12.3 Å². The Labute approximate surface area is 105 Å². The summed E-state index contributed by atoms with van der Waals surface area (Å²) in [6.45, 7) is 0.334. The van der Waals surface area contributed by atoms with Gasteiger partial charge in [-0.15, -0.1) is 0 Å². The van der Waals surface area contributed by atoms with Gasteiger partial charge in [-0.3, -0.25) is 4.79 Å². The van der Waals surface area contributed by atoms with Crippen LogP contribution < -0.4 is 11.1 Å². The number of hydrogen-bond donors (Lipinski definition) is 2. The second-order valence-electron chi connectivity index (χ2n) is 3.98. The summed E-state index contributed by atoms with van der Waals surface area (Å²) in [4.78, 5) is 11.7. The van der Waals surface area contributed by atoms with Gasteiger partial charge >= 0.3 is 0 Å². The van der Waals surface area contributed by atoms with E-state index < -0.39 is 0 Å². The van der Waals surface area contributed by atoms with Crippen molar-refractivity contribution in [2.24, 2.45) is 5.73 Å². The van der Waals surface area contributed by atoms with Crippen LogP contribution in [-0.4, -0.2) is 11.1 Å². The van der Waals surface area contributed by atoms with Crippen LogP contribution >= 0.6 is 0 Å². The van der Waals surface area contributed by atoms with Crippen molar-refractivity contribution in [3.05, 3.63) is 53.9 Å². The molecule has 1 amide bonds. The highest BCUT2D eigenvalue weighted by Gasteiger charge is 2.11. The van der Waals surface area contributed by atoms with E-state index in [9.17, 15) is 4.79 Å². The van der Waals surface area contributed by atoms with Gasteiger partial charge in [-0.2, -0.15) is 0 Å². The van der Waals surface area contributed by atoms with Crippen LogP contribution in [0.4, 0.5) is 0 Å². The number of benzene rings is 1. The molecule has 1 aromatic carbocycles. The van der Waals surface area contributed by atoms with E-state index in [-0.39, 0.29) is 18.4 Å². The average Bonchev–Trinajstić information content (AvgIpc) is 2.90. The quantitative estimate of drug-likeness (QED) is 0.833. The lowest BCUT2D eigenvalue weighted by atomic mass is 10.0. The highest BCUT2D eigenvalue weighted by molar-refractivity contribution is 5.76. The summed E-state index contributed by atoms with van der Waals surface area (Å²) in [5.74, 6) is 0.513. The van der Waals surface area contributed by atoms with Gasteiger partial charge in [0.1, 0.15) is 0 Å². The summed E-state index contributed by atoms with van der Waals surface area (Å²) in [5.41, 5.74) is 6.90.